The van der Waals surface area contributed by atoms with Gasteiger partial charge in [-0.25, -0.2) is 0 Å². The number of hydrogen-bond acceptors (Lipinski definition) is 1. The minimum absolute atomic E-state index is 0. The standard InChI is InChI=1S/C6H5O.C5H4I.Fe/c7-5-6-3-1-2-4-6;6-5-3-1-2-4-5;/h1-5H;1-4H;/q;;+2. The molecule has 0 aliphatic heterocycles. The molecule has 2 rings (SSSR count). The van der Waals surface area contributed by atoms with Gasteiger partial charge in [0.1, 0.15) is 6.29 Å². The average Bonchev–Trinajstić information content (AvgIpc) is 2.76. The van der Waals surface area contributed by atoms with Crippen molar-refractivity contribution in [2.24, 2.45) is 0 Å². The third-order valence-corrected chi connectivity index (χ3v) is 2.17. The van der Waals surface area contributed by atoms with Crippen LogP contribution in [-0.4, -0.2) is 6.29 Å². The van der Waals surface area contributed by atoms with Crippen LogP contribution in [0, 0.1) is 61.2 Å². The van der Waals surface area contributed by atoms with Crippen molar-refractivity contribution in [2.45, 2.75) is 0 Å². The minimum atomic E-state index is 0. The number of carbonyl (C=O) groups is 1. The summed E-state index contributed by atoms with van der Waals surface area (Å²) in [7, 11) is 0. The molecule has 0 aromatic rings. The summed E-state index contributed by atoms with van der Waals surface area (Å²) in [5.41, 5.74) is 0. The summed E-state index contributed by atoms with van der Waals surface area (Å²) in [6.45, 7) is 0. The van der Waals surface area contributed by atoms with Gasteiger partial charge in [-0.3, -0.25) is 0 Å². The Bertz CT molecular complexity index is 140. The fourth-order valence-electron chi connectivity index (χ4n) is 0.818. The van der Waals surface area contributed by atoms with Crippen molar-refractivity contribution in [1.29, 1.82) is 0 Å². The second-order valence-corrected chi connectivity index (χ2v) is 3.68. The van der Waals surface area contributed by atoms with Gasteiger partial charge in [0.25, 0.3) is 0 Å². The molecule has 2 aliphatic rings. The van der Waals surface area contributed by atoms with Gasteiger partial charge in [-0.05, 0) is 51.4 Å². The average molecular weight is 340 g/mol. The molecule has 2 fully saturated rings. The molecule has 0 bridgehead atoms. The smallest absolute Gasteiger partial charge is 0.303 e. The van der Waals surface area contributed by atoms with Crippen LogP contribution < -0.4 is 0 Å². The molecular weight excluding hydrogens is 331 g/mol. The molecule has 0 heterocycles. The van der Waals surface area contributed by atoms with Crippen molar-refractivity contribution in [1.82, 2.24) is 0 Å². The Kier molecular flexibility index (Phi) is 9.77. The van der Waals surface area contributed by atoms with Gasteiger partial charge in [-0.15, -0.1) is 0 Å². The molecule has 1 nitrogen and oxygen atoms in total. The monoisotopic (exact) mass is 340 g/mol. The van der Waals surface area contributed by atoms with E-state index in [-0.39, 0.29) is 17.1 Å². The van der Waals surface area contributed by atoms with Gasteiger partial charge in [0.05, 0.1) is 0 Å². The van der Waals surface area contributed by atoms with E-state index in [0.29, 0.717) is 0 Å². The predicted molar refractivity (Wildman–Crippen MR) is 61.0 cm³/mol. The van der Waals surface area contributed by atoms with Crippen LogP contribution in [-0.2, 0) is 21.9 Å². The van der Waals surface area contributed by atoms with E-state index >= 15 is 0 Å². The maximum atomic E-state index is 9.87. The zero-order valence-electron chi connectivity index (χ0n) is 7.34. The third-order valence-electron chi connectivity index (χ3n) is 1.45. The Morgan fingerprint density at radius 2 is 1.36 bits per heavy atom. The van der Waals surface area contributed by atoms with Gasteiger partial charge in [-0.2, -0.15) is 0 Å². The van der Waals surface area contributed by atoms with E-state index < -0.39 is 0 Å². The third kappa shape index (κ3) is 6.41. The molecule has 2 saturated carbocycles. The fourth-order valence-corrected chi connectivity index (χ4v) is 1.23. The van der Waals surface area contributed by atoms with E-state index in [1.54, 1.807) is 12.8 Å². The second kappa shape index (κ2) is 9.17. The molecule has 0 N–H and O–H groups in total. The van der Waals surface area contributed by atoms with Gasteiger partial charge in [0.15, 0.2) is 0 Å². The Hall–Kier alpha value is 0.919. The zero-order chi connectivity index (χ0) is 9.52. The molecule has 0 atom stereocenters. The first-order valence-corrected chi connectivity index (χ1v) is 4.95. The van der Waals surface area contributed by atoms with Gasteiger partial charge >= 0.3 is 17.1 Å². The van der Waals surface area contributed by atoms with E-state index in [1.165, 1.54) is 3.92 Å². The van der Waals surface area contributed by atoms with Crippen molar-refractivity contribution in [3.05, 3.63) is 61.2 Å². The van der Waals surface area contributed by atoms with Gasteiger partial charge < -0.3 is 4.79 Å². The van der Waals surface area contributed by atoms with Crippen LogP contribution in [0.15, 0.2) is 0 Å². The number of aldehydes is 1. The van der Waals surface area contributed by atoms with Crippen LogP contribution in [0.1, 0.15) is 0 Å². The molecule has 3 heteroatoms. The van der Waals surface area contributed by atoms with Gasteiger partial charge in [-0.1, -0.05) is 22.6 Å². The molecule has 14 heavy (non-hydrogen) atoms. The number of hydrogen-bond donors (Lipinski definition) is 0. The van der Waals surface area contributed by atoms with Crippen molar-refractivity contribution in [3.8, 4) is 0 Å². The first kappa shape index (κ1) is 14.9. The Labute approximate surface area is 111 Å². The predicted octanol–water partition coefficient (Wildman–Crippen LogP) is 2.37. The maximum absolute atomic E-state index is 9.87. The Morgan fingerprint density at radius 3 is 1.57 bits per heavy atom. The summed E-state index contributed by atoms with van der Waals surface area (Å²) in [6, 6.07) is 0. The molecule has 0 amide bonds. The van der Waals surface area contributed by atoms with E-state index in [9.17, 15) is 4.79 Å². The summed E-state index contributed by atoms with van der Waals surface area (Å²) in [5.74, 6) is 0.750. The van der Waals surface area contributed by atoms with Crippen LogP contribution in [0.5, 0.6) is 0 Å². The maximum Gasteiger partial charge on any atom is 2.00 e. The van der Waals surface area contributed by atoms with Gasteiger partial charge in [0, 0.05) is 9.84 Å². The van der Waals surface area contributed by atoms with Crippen LogP contribution in [0.25, 0.3) is 0 Å². The molecule has 72 valence electrons. The summed E-state index contributed by atoms with van der Waals surface area (Å²) in [4.78, 5) is 9.87. The number of rotatable bonds is 1. The summed E-state index contributed by atoms with van der Waals surface area (Å²) in [6.07, 6.45) is 16.2. The quantitative estimate of drug-likeness (QED) is 0.407. The molecule has 0 saturated heterocycles. The molecule has 0 aromatic carbocycles. The van der Waals surface area contributed by atoms with Crippen LogP contribution >= 0.6 is 22.6 Å². The topological polar surface area (TPSA) is 17.1 Å². The SMILES string of the molecule is I[C]1[CH][CH][CH][CH]1.O=C[C]1[CH][CH][CH][CH]1.[Fe+2]. The van der Waals surface area contributed by atoms with E-state index in [4.69, 9.17) is 0 Å². The molecule has 10 radical (unpaired) electrons. The fraction of sp³-hybridized carbons (Fsp3) is 0. The van der Waals surface area contributed by atoms with Crippen molar-refractivity contribution >= 4 is 28.9 Å². The second-order valence-electron chi connectivity index (χ2n) is 2.44. The van der Waals surface area contributed by atoms with E-state index in [0.717, 1.165) is 12.2 Å². The summed E-state index contributed by atoms with van der Waals surface area (Å²) >= 11 is 2.28. The van der Waals surface area contributed by atoms with E-state index in [1.807, 2.05) is 25.7 Å². The molecule has 0 unspecified atom stereocenters. The Balaban J connectivity index is 0.000000227. The molecule has 0 spiro atoms. The zero-order valence-corrected chi connectivity index (χ0v) is 10.6. The van der Waals surface area contributed by atoms with Crippen molar-refractivity contribution in [3.63, 3.8) is 0 Å². The van der Waals surface area contributed by atoms with Crippen molar-refractivity contribution < 1.29 is 21.9 Å². The van der Waals surface area contributed by atoms with Crippen LogP contribution in [0.3, 0.4) is 0 Å². The minimum Gasteiger partial charge on any atom is -0.303 e. The van der Waals surface area contributed by atoms with Crippen LogP contribution in [0.2, 0.25) is 0 Å². The number of halogens is 1. The molecule has 2 aliphatic carbocycles. The largest absolute Gasteiger partial charge is 2.00 e. The van der Waals surface area contributed by atoms with Gasteiger partial charge in [0.2, 0.25) is 0 Å². The number of carbonyl (C=O) groups excluding carboxylic acids is 1. The summed E-state index contributed by atoms with van der Waals surface area (Å²) < 4.78 is 1.31. The van der Waals surface area contributed by atoms with E-state index in [2.05, 4.69) is 35.4 Å². The molecule has 0 aromatic heterocycles. The molecular formula is C11H9FeIO+2. The van der Waals surface area contributed by atoms with Crippen LogP contribution in [0.4, 0.5) is 0 Å². The first-order valence-electron chi connectivity index (χ1n) is 3.87. The Morgan fingerprint density at radius 1 is 0.929 bits per heavy atom. The summed E-state index contributed by atoms with van der Waals surface area (Å²) in [5, 5.41) is 0. The normalized spacial score (nSPS) is 22.4. The first-order chi connectivity index (χ1) is 6.33. The van der Waals surface area contributed by atoms with Crippen molar-refractivity contribution in [2.75, 3.05) is 0 Å².